The monoisotopic (exact) mass is 712 g/mol. The molecule has 0 aliphatic heterocycles. The van der Waals surface area contributed by atoms with Crippen LogP contribution in [0.25, 0.3) is 11.1 Å². The number of rotatable bonds is 13. The van der Waals surface area contributed by atoms with E-state index in [0.29, 0.717) is 53.9 Å². The molecule has 0 spiro atoms. The number of nitrogens with one attached hydrogen (secondary N) is 4. The average Bonchev–Trinajstić information content (AvgIpc) is 4.02. The van der Waals surface area contributed by atoms with Crippen molar-refractivity contribution >= 4 is 23.2 Å². The second-order valence-electron chi connectivity index (χ2n) is 16.3. The van der Waals surface area contributed by atoms with Crippen LogP contribution in [0.2, 0.25) is 0 Å². The number of aliphatic hydroxyl groups is 2. The van der Waals surface area contributed by atoms with E-state index in [2.05, 4.69) is 31.2 Å². The lowest BCUT2D eigenvalue weighted by Crippen LogP contribution is -2.43. The first-order valence-electron chi connectivity index (χ1n) is 19.3. The minimum absolute atomic E-state index is 0.198. The number of hydrogen-bond donors (Lipinski definition) is 6. The van der Waals surface area contributed by atoms with Crippen LogP contribution in [0.4, 0.5) is 11.4 Å². The molecule has 0 unspecified atom stereocenters. The molecular formula is C43H48N6O4. The molecule has 2 amide bonds. The first-order chi connectivity index (χ1) is 25.6. The summed E-state index contributed by atoms with van der Waals surface area (Å²) in [4.78, 5) is 36.4. The maximum atomic E-state index is 13.7. The third kappa shape index (κ3) is 6.78. The number of pyridine rings is 2. The predicted octanol–water partition coefficient (Wildman–Crippen LogP) is 6.03. The average molecular weight is 713 g/mol. The Morgan fingerprint density at radius 1 is 0.736 bits per heavy atom. The Hall–Kier alpha value is -4.48. The maximum Gasteiger partial charge on any atom is 0.274 e. The molecule has 9 rings (SSSR count). The first kappa shape index (κ1) is 34.3. The second-order valence-corrected chi connectivity index (χ2v) is 16.3. The maximum absolute atomic E-state index is 13.7. The van der Waals surface area contributed by atoms with Gasteiger partial charge in [-0.1, -0.05) is 24.3 Å². The van der Waals surface area contributed by atoms with Crippen LogP contribution < -0.4 is 21.3 Å². The van der Waals surface area contributed by atoms with Gasteiger partial charge in [0.15, 0.2) is 0 Å². The largest absolute Gasteiger partial charge is 0.393 e. The number of fused-ring (bicyclic) bond motifs is 1. The molecule has 5 aliphatic rings. The van der Waals surface area contributed by atoms with Crippen LogP contribution in [0.5, 0.6) is 0 Å². The van der Waals surface area contributed by atoms with Gasteiger partial charge in [0.05, 0.1) is 12.2 Å². The summed E-state index contributed by atoms with van der Waals surface area (Å²) in [5, 5.41) is 32.7. The molecule has 4 aromatic rings. The Morgan fingerprint density at radius 3 is 1.72 bits per heavy atom. The zero-order valence-corrected chi connectivity index (χ0v) is 30.4. The Labute approximate surface area is 310 Å². The number of carbonyl (C=O) groups is 2. The van der Waals surface area contributed by atoms with E-state index in [1.54, 1.807) is 0 Å². The summed E-state index contributed by atoms with van der Waals surface area (Å²) in [5.41, 5.74) is 11.0. The zero-order valence-electron chi connectivity index (χ0n) is 30.4. The minimum atomic E-state index is -0.245. The van der Waals surface area contributed by atoms with Crippen molar-refractivity contribution in [3.63, 3.8) is 0 Å². The van der Waals surface area contributed by atoms with Crippen molar-refractivity contribution in [2.75, 3.05) is 10.6 Å². The fraction of sp³-hybridized carbons (Fsp3) is 0.442. The van der Waals surface area contributed by atoms with E-state index < -0.39 is 0 Å². The molecule has 0 saturated heterocycles. The summed E-state index contributed by atoms with van der Waals surface area (Å²) in [6, 6.07) is 16.4. The number of benzene rings is 2. The highest BCUT2D eigenvalue weighted by Crippen LogP contribution is 2.76. The van der Waals surface area contributed by atoms with E-state index >= 15 is 0 Å². The zero-order chi connectivity index (χ0) is 36.4. The van der Waals surface area contributed by atoms with E-state index in [9.17, 15) is 19.8 Å². The molecule has 5 fully saturated rings. The Kier molecular flexibility index (Phi) is 8.69. The van der Waals surface area contributed by atoms with E-state index in [1.165, 1.54) is 24.0 Å². The topological polar surface area (TPSA) is 148 Å². The quantitative estimate of drug-likeness (QED) is 0.0985. The van der Waals surface area contributed by atoms with Gasteiger partial charge in [0.25, 0.3) is 11.8 Å². The lowest BCUT2D eigenvalue weighted by atomic mass is 9.89. The van der Waals surface area contributed by atoms with Crippen molar-refractivity contribution < 1.29 is 19.8 Å². The molecule has 10 heteroatoms. The highest BCUT2D eigenvalue weighted by atomic mass is 16.3. The second kappa shape index (κ2) is 13.4. The van der Waals surface area contributed by atoms with Crippen LogP contribution in [0, 0.1) is 19.8 Å². The number of carbonyl (C=O) groups excluding carboxylic acids is 2. The molecule has 2 heterocycles. The molecule has 0 atom stereocenters. The summed E-state index contributed by atoms with van der Waals surface area (Å²) < 4.78 is 0. The molecule has 2 aromatic carbocycles. The summed E-state index contributed by atoms with van der Waals surface area (Å²) >= 11 is 0. The van der Waals surface area contributed by atoms with Gasteiger partial charge in [0.1, 0.15) is 11.4 Å². The molecule has 10 nitrogen and oxygen atoms in total. The van der Waals surface area contributed by atoms with Gasteiger partial charge in [-0.15, -0.1) is 0 Å². The number of amides is 2. The van der Waals surface area contributed by atoms with Gasteiger partial charge < -0.3 is 31.5 Å². The third-order valence-electron chi connectivity index (χ3n) is 12.6. The molecule has 6 N–H and O–H groups in total. The summed E-state index contributed by atoms with van der Waals surface area (Å²) in [6.07, 6.45) is 11.0. The van der Waals surface area contributed by atoms with Crippen molar-refractivity contribution in [3.05, 3.63) is 106 Å². The van der Waals surface area contributed by atoms with E-state index in [0.717, 1.165) is 77.8 Å². The SMILES string of the molecule is Cc1c(NC(=O)c2cc(C3CC3)c(CNC3CC(O)C3)cn2)cccc1-c1cccc(NC(=O)c2cc(C34CC3C4)c(CNC3CC(O)C3)cn2)c1C. The molecule has 53 heavy (non-hydrogen) atoms. The molecule has 0 radical (unpaired) electrons. The minimum Gasteiger partial charge on any atom is -0.393 e. The van der Waals surface area contributed by atoms with Crippen LogP contribution in [0.3, 0.4) is 0 Å². The van der Waals surface area contributed by atoms with E-state index in [-0.39, 0.29) is 29.4 Å². The van der Waals surface area contributed by atoms with Crippen molar-refractivity contribution in [2.24, 2.45) is 5.92 Å². The van der Waals surface area contributed by atoms with Crippen molar-refractivity contribution in [1.29, 1.82) is 0 Å². The van der Waals surface area contributed by atoms with Gasteiger partial charge in [-0.2, -0.15) is 0 Å². The molecule has 2 aromatic heterocycles. The van der Waals surface area contributed by atoms with Crippen molar-refractivity contribution in [3.8, 4) is 11.1 Å². The fourth-order valence-corrected chi connectivity index (χ4v) is 8.42. The van der Waals surface area contributed by atoms with Gasteiger partial charge in [-0.3, -0.25) is 19.6 Å². The smallest absolute Gasteiger partial charge is 0.274 e. The lowest BCUT2D eigenvalue weighted by molar-refractivity contribution is 0.0615. The third-order valence-corrected chi connectivity index (χ3v) is 12.6. The Morgan fingerprint density at radius 2 is 1.23 bits per heavy atom. The summed E-state index contributed by atoms with van der Waals surface area (Å²) in [6.45, 7) is 5.40. The van der Waals surface area contributed by atoms with Crippen LogP contribution in [0.15, 0.2) is 60.9 Å². The van der Waals surface area contributed by atoms with Crippen LogP contribution in [-0.2, 0) is 18.5 Å². The van der Waals surface area contributed by atoms with Gasteiger partial charge in [-0.25, -0.2) is 0 Å². The lowest BCUT2D eigenvalue weighted by Gasteiger charge is -2.32. The number of aliphatic hydroxyl groups excluding tert-OH is 2. The van der Waals surface area contributed by atoms with Crippen molar-refractivity contribution in [2.45, 2.75) is 114 Å². The van der Waals surface area contributed by atoms with Gasteiger partial charge in [-0.05, 0) is 151 Å². The number of nitrogens with zero attached hydrogens (tertiary/aromatic N) is 2. The number of aromatic nitrogens is 2. The molecule has 274 valence electrons. The Balaban J connectivity index is 0.897. The molecular weight excluding hydrogens is 665 g/mol. The van der Waals surface area contributed by atoms with Crippen molar-refractivity contribution in [1.82, 2.24) is 20.6 Å². The van der Waals surface area contributed by atoms with Crippen LogP contribution in [0.1, 0.15) is 112 Å². The molecule has 0 bridgehead atoms. The molecule has 5 aliphatic carbocycles. The fourth-order valence-electron chi connectivity index (χ4n) is 8.42. The Bertz CT molecular complexity index is 2090. The number of anilines is 2. The standard InChI is InChI=1S/C43H48N6O4/c1-23-33(5-3-7-37(23)48-41(52)39-15-35(25-9-10-25)26(20-46-39)19-44-29-11-31(50)12-29)34-6-4-8-38(24(34)2)49-42(53)40-16-36(43-17-28(43)18-43)27(22-47-40)21-45-30-13-32(51)14-30/h3-8,15-16,20,22,25,28-32,44-45,50-51H,9-14,17-19,21H2,1-2H3,(H,48,52)(H,49,53). The summed E-state index contributed by atoms with van der Waals surface area (Å²) in [7, 11) is 0. The summed E-state index contributed by atoms with van der Waals surface area (Å²) in [5.74, 6) is 0.711. The van der Waals surface area contributed by atoms with E-state index in [1.807, 2.05) is 74.8 Å². The number of hydrogen-bond acceptors (Lipinski definition) is 8. The molecule has 5 saturated carbocycles. The highest BCUT2D eigenvalue weighted by Gasteiger charge is 2.70. The van der Waals surface area contributed by atoms with Gasteiger partial charge in [0.2, 0.25) is 0 Å². The van der Waals surface area contributed by atoms with Crippen LogP contribution >= 0.6 is 0 Å². The predicted molar refractivity (Wildman–Crippen MR) is 204 cm³/mol. The first-order valence-corrected chi connectivity index (χ1v) is 19.3. The van der Waals surface area contributed by atoms with Crippen LogP contribution in [-0.4, -0.2) is 56.3 Å². The highest BCUT2D eigenvalue weighted by molar-refractivity contribution is 6.05. The van der Waals surface area contributed by atoms with Gasteiger partial charge >= 0.3 is 0 Å². The van der Waals surface area contributed by atoms with Gasteiger partial charge in [0, 0.05) is 48.9 Å². The van der Waals surface area contributed by atoms with E-state index in [4.69, 9.17) is 0 Å². The normalized spacial score (nSPS) is 26.5.